The van der Waals surface area contributed by atoms with Crippen molar-refractivity contribution < 1.29 is 0 Å². The normalized spacial score (nSPS) is 12.7. The van der Waals surface area contributed by atoms with Crippen LogP contribution in [0.4, 0.5) is 0 Å². The lowest BCUT2D eigenvalue weighted by Crippen LogP contribution is -2.31. The molecule has 0 aliphatic rings. The highest BCUT2D eigenvalue weighted by molar-refractivity contribution is 5.73. The molecular formula is C12H13N7. The number of hydrazine groups is 1. The van der Waals surface area contributed by atoms with Crippen molar-refractivity contribution in [2.75, 3.05) is 0 Å². The van der Waals surface area contributed by atoms with Crippen molar-refractivity contribution >= 4 is 11.0 Å². The van der Waals surface area contributed by atoms with E-state index in [9.17, 15) is 0 Å². The molecule has 96 valence electrons. The lowest BCUT2D eigenvalue weighted by Gasteiger charge is -2.14. The summed E-state index contributed by atoms with van der Waals surface area (Å²) in [5.74, 6) is 5.62. The van der Waals surface area contributed by atoms with Gasteiger partial charge < -0.3 is 0 Å². The lowest BCUT2D eigenvalue weighted by atomic mass is 10.1. The Bertz CT molecular complexity index is 706. The topological polar surface area (TPSA) is 94.5 Å². The number of nitrogens with one attached hydrogen (secondary N) is 1. The van der Waals surface area contributed by atoms with Gasteiger partial charge in [-0.05, 0) is 12.1 Å². The van der Waals surface area contributed by atoms with Gasteiger partial charge in [0.2, 0.25) is 0 Å². The number of para-hydroxylation sites is 2. The quantitative estimate of drug-likeness (QED) is 0.516. The maximum absolute atomic E-state index is 5.62. The molecular weight excluding hydrogens is 242 g/mol. The fourth-order valence-corrected chi connectivity index (χ4v) is 1.99. The molecule has 0 saturated heterocycles. The van der Waals surface area contributed by atoms with Crippen molar-refractivity contribution in [1.29, 1.82) is 0 Å². The van der Waals surface area contributed by atoms with Crippen molar-refractivity contribution in [3.05, 3.63) is 48.0 Å². The van der Waals surface area contributed by atoms with Crippen LogP contribution < -0.4 is 11.3 Å². The second-order valence-corrected chi connectivity index (χ2v) is 4.17. The van der Waals surface area contributed by atoms with Crippen LogP contribution in [0.2, 0.25) is 0 Å². The Morgan fingerprint density at radius 3 is 2.68 bits per heavy atom. The monoisotopic (exact) mass is 255 g/mol. The second kappa shape index (κ2) is 4.71. The SMILES string of the molecule is Cn1nncc1C(NN)c1cnc2ccccc2n1. The summed E-state index contributed by atoms with van der Waals surface area (Å²) in [5.41, 5.74) is 5.96. The van der Waals surface area contributed by atoms with Gasteiger partial charge in [0.05, 0.1) is 34.8 Å². The van der Waals surface area contributed by atoms with Crippen LogP contribution in [0, 0.1) is 0 Å². The van der Waals surface area contributed by atoms with Gasteiger partial charge in [-0.15, -0.1) is 5.10 Å². The van der Waals surface area contributed by atoms with Gasteiger partial charge in [-0.25, -0.2) is 10.4 Å². The van der Waals surface area contributed by atoms with Gasteiger partial charge >= 0.3 is 0 Å². The predicted molar refractivity (Wildman–Crippen MR) is 69.7 cm³/mol. The Hall–Kier alpha value is -2.38. The van der Waals surface area contributed by atoms with Gasteiger partial charge in [0.1, 0.15) is 6.04 Å². The van der Waals surface area contributed by atoms with Crippen LogP contribution in [0.25, 0.3) is 11.0 Å². The maximum Gasteiger partial charge on any atom is 0.108 e. The number of hydrogen-bond acceptors (Lipinski definition) is 6. The first kappa shape index (κ1) is 11.7. The molecule has 1 aromatic carbocycles. The molecule has 0 amide bonds. The summed E-state index contributed by atoms with van der Waals surface area (Å²) in [6.45, 7) is 0. The number of nitrogens with two attached hydrogens (primary N) is 1. The van der Waals surface area contributed by atoms with E-state index in [0.29, 0.717) is 0 Å². The standard InChI is InChI=1S/C12H13N7/c1-19-11(7-15-18-19)12(17-13)10-6-14-8-4-2-3-5-9(8)16-10/h2-7,12,17H,13H2,1H3. The lowest BCUT2D eigenvalue weighted by molar-refractivity contribution is 0.560. The van der Waals surface area contributed by atoms with Crippen LogP contribution in [0.5, 0.6) is 0 Å². The number of benzene rings is 1. The summed E-state index contributed by atoms with van der Waals surface area (Å²) >= 11 is 0. The number of fused-ring (bicyclic) bond motifs is 1. The third kappa shape index (κ3) is 2.05. The molecule has 0 radical (unpaired) electrons. The fraction of sp³-hybridized carbons (Fsp3) is 0.167. The number of hydrogen-bond donors (Lipinski definition) is 2. The molecule has 3 N–H and O–H groups in total. The molecule has 0 bridgehead atoms. The molecule has 0 aliphatic heterocycles. The summed E-state index contributed by atoms with van der Waals surface area (Å²) in [6, 6.07) is 7.40. The average molecular weight is 255 g/mol. The molecule has 3 rings (SSSR count). The summed E-state index contributed by atoms with van der Waals surface area (Å²) in [4.78, 5) is 8.95. The van der Waals surface area contributed by atoms with Crippen LogP contribution >= 0.6 is 0 Å². The molecule has 7 heteroatoms. The Labute approximate surface area is 109 Å². The number of nitrogens with zero attached hydrogens (tertiary/aromatic N) is 5. The Kier molecular flexibility index (Phi) is 2.90. The van der Waals surface area contributed by atoms with Crippen molar-refractivity contribution in [3.63, 3.8) is 0 Å². The largest absolute Gasteiger partial charge is 0.270 e. The molecule has 0 spiro atoms. The number of aryl methyl sites for hydroxylation is 1. The Balaban J connectivity index is 2.09. The minimum absolute atomic E-state index is 0.294. The number of rotatable bonds is 3. The van der Waals surface area contributed by atoms with Gasteiger partial charge in [0, 0.05) is 7.05 Å². The van der Waals surface area contributed by atoms with Gasteiger partial charge in [-0.1, -0.05) is 17.3 Å². The van der Waals surface area contributed by atoms with Crippen molar-refractivity contribution in [2.45, 2.75) is 6.04 Å². The highest BCUT2D eigenvalue weighted by Crippen LogP contribution is 2.19. The fourth-order valence-electron chi connectivity index (χ4n) is 1.99. The molecule has 1 atom stereocenters. The molecule has 0 fully saturated rings. The zero-order valence-corrected chi connectivity index (χ0v) is 10.4. The summed E-state index contributed by atoms with van der Waals surface area (Å²) < 4.78 is 1.65. The van der Waals surface area contributed by atoms with E-state index in [0.717, 1.165) is 22.4 Å². The molecule has 7 nitrogen and oxygen atoms in total. The minimum Gasteiger partial charge on any atom is -0.270 e. The summed E-state index contributed by atoms with van der Waals surface area (Å²) in [7, 11) is 1.81. The predicted octanol–water partition coefficient (Wildman–Crippen LogP) is 0.311. The van der Waals surface area contributed by atoms with Crippen LogP contribution in [0.1, 0.15) is 17.4 Å². The molecule has 1 unspecified atom stereocenters. The smallest absolute Gasteiger partial charge is 0.108 e. The Morgan fingerprint density at radius 1 is 1.21 bits per heavy atom. The van der Waals surface area contributed by atoms with Gasteiger partial charge in [0.25, 0.3) is 0 Å². The van der Waals surface area contributed by atoms with Gasteiger partial charge in [-0.2, -0.15) is 0 Å². The van der Waals surface area contributed by atoms with Gasteiger partial charge in [0.15, 0.2) is 0 Å². The zero-order chi connectivity index (χ0) is 13.2. The highest BCUT2D eigenvalue weighted by Gasteiger charge is 2.18. The van der Waals surface area contributed by atoms with E-state index in [1.54, 1.807) is 24.1 Å². The van der Waals surface area contributed by atoms with Crippen molar-refractivity contribution in [2.24, 2.45) is 12.9 Å². The molecule has 3 aromatic rings. The molecule has 0 aliphatic carbocycles. The van der Waals surface area contributed by atoms with E-state index >= 15 is 0 Å². The first-order valence-electron chi connectivity index (χ1n) is 5.82. The zero-order valence-electron chi connectivity index (χ0n) is 10.4. The molecule has 2 aromatic heterocycles. The van der Waals surface area contributed by atoms with Gasteiger partial charge in [-0.3, -0.25) is 15.5 Å². The van der Waals surface area contributed by atoms with E-state index in [-0.39, 0.29) is 6.04 Å². The van der Waals surface area contributed by atoms with E-state index in [4.69, 9.17) is 5.84 Å². The van der Waals surface area contributed by atoms with E-state index in [1.807, 2.05) is 24.3 Å². The van der Waals surface area contributed by atoms with E-state index in [1.165, 1.54) is 0 Å². The first-order valence-corrected chi connectivity index (χ1v) is 5.82. The van der Waals surface area contributed by atoms with Crippen LogP contribution in [0.3, 0.4) is 0 Å². The van der Waals surface area contributed by atoms with Crippen LogP contribution in [-0.2, 0) is 7.05 Å². The third-order valence-electron chi connectivity index (χ3n) is 2.97. The molecule has 2 heterocycles. The number of aromatic nitrogens is 5. The first-order chi connectivity index (χ1) is 9.29. The minimum atomic E-state index is -0.294. The van der Waals surface area contributed by atoms with Crippen molar-refractivity contribution in [1.82, 2.24) is 30.4 Å². The summed E-state index contributed by atoms with van der Waals surface area (Å²) in [6.07, 6.45) is 3.36. The van der Waals surface area contributed by atoms with Crippen molar-refractivity contribution in [3.8, 4) is 0 Å². The molecule has 19 heavy (non-hydrogen) atoms. The van der Waals surface area contributed by atoms with Crippen LogP contribution in [-0.4, -0.2) is 25.0 Å². The average Bonchev–Trinajstić information content (AvgIpc) is 2.86. The van der Waals surface area contributed by atoms with Crippen LogP contribution in [0.15, 0.2) is 36.7 Å². The third-order valence-corrected chi connectivity index (χ3v) is 2.97. The highest BCUT2D eigenvalue weighted by atomic mass is 15.4. The maximum atomic E-state index is 5.62. The summed E-state index contributed by atoms with van der Waals surface area (Å²) in [5, 5.41) is 7.74. The van der Waals surface area contributed by atoms with E-state index in [2.05, 4.69) is 25.7 Å². The second-order valence-electron chi connectivity index (χ2n) is 4.17. The Morgan fingerprint density at radius 2 is 2.00 bits per heavy atom. The molecule has 0 saturated carbocycles. The van der Waals surface area contributed by atoms with E-state index < -0.39 is 0 Å².